The first-order valence-corrected chi connectivity index (χ1v) is 9.64. The van der Waals surface area contributed by atoms with Crippen LogP contribution in [0.25, 0.3) is 0 Å². The van der Waals surface area contributed by atoms with E-state index in [1.807, 2.05) is 0 Å². The molecule has 0 radical (unpaired) electrons. The van der Waals surface area contributed by atoms with Gasteiger partial charge in [-0.1, -0.05) is 19.1 Å². The summed E-state index contributed by atoms with van der Waals surface area (Å²) in [6, 6.07) is 9.36. The van der Waals surface area contributed by atoms with Gasteiger partial charge in [0.2, 0.25) is 0 Å². The smallest absolute Gasteiger partial charge is 0.276 e. The highest BCUT2D eigenvalue weighted by Crippen LogP contribution is 2.31. The number of nitrogens with zero attached hydrogens (tertiary/aromatic N) is 2. The SMILES string of the molecule is CCN1CCCC1CNC(=O)c1ccc(C(O)c2ccc(F)cc2)c([N+](=O)[O-])c1. The standard InChI is InChI=1S/C21H24FN3O4/c1-2-24-11-3-4-17(24)13-23-21(27)15-7-10-18(19(12-15)25(28)29)20(26)14-5-8-16(22)9-6-14/h5-10,12,17,20,26H,2-4,11,13H2,1H3,(H,23,27). The van der Waals surface area contributed by atoms with Crippen LogP contribution in [0.2, 0.25) is 0 Å². The number of nitro benzene ring substituents is 1. The number of hydrogen-bond donors (Lipinski definition) is 2. The van der Waals surface area contributed by atoms with Crippen LogP contribution in [0.15, 0.2) is 42.5 Å². The quantitative estimate of drug-likeness (QED) is 0.549. The van der Waals surface area contributed by atoms with Crippen molar-refractivity contribution < 1.29 is 19.2 Å². The van der Waals surface area contributed by atoms with Crippen molar-refractivity contribution in [2.45, 2.75) is 31.9 Å². The van der Waals surface area contributed by atoms with E-state index in [1.165, 1.54) is 42.5 Å². The zero-order chi connectivity index (χ0) is 21.0. The van der Waals surface area contributed by atoms with E-state index >= 15 is 0 Å². The molecule has 2 aromatic rings. The van der Waals surface area contributed by atoms with E-state index < -0.39 is 16.8 Å². The summed E-state index contributed by atoms with van der Waals surface area (Å²) in [6.45, 7) is 4.50. The molecule has 3 rings (SSSR count). The summed E-state index contributed by atoms with van der Waals surface area (Å²) in [5, 5.41) is 24.9. The van der Waals surface area contributed by atoms with Crippen LogP contribution in [0.5, 0.6) is 0 Å². The lowest BCUT2D eigenvalue weighted by Crippen LogP contribution is -2.40. The zero-order valence-electron chi connectivity index (χ0n) is 16.2. The Morgan fingerprint density at radius 1 is 1.34 bits per heavy atom. The van der Waals surface area contributed by atoms with E-state index in [1.54, 1.807) is 0 Å². The van der Waals surface area contributed by atoms with Crippen LogP contribution in [0.4, 0.5) is 10.1 Å². The first-order valence-electron chi connectivity index (χ1n) is 9.64. The van der Waals surface area contributed by atoms with E-state index in [2.05, 4.69) is 17.1 Å². The topological polar surface area (TPSA) is 95.7 Å². The van der Waals surface area contributed by atoms with Gasteiger partial charge in [-0.15, -0.1) is 0 Å². The molecular formula is C21H24FN3O4. The fourth-order valence-electron chi connectivity index (χ4n) is 3.75. The molecule has 2 unspecified atom stereocenters. The monoisotopic (exact) mass is 401 g/mol. The Morgan fingerprint density at radius 3 is 2.72 bits per heavy atom. The predicted octanol–water partition coefficient (Wildman–Crippen LogP) is 3.03. The van der Waals surface area contributed by atoms with Gasteiger partial charge in [0.15, 0.2) is 0 Å². The average Bonchev–Trinajstić information content (AvgIpc) is 3.19. The number of hydrogen-bond acceptors (Lipinski definition) is 5. The Morgan fingerprint density at radius 2 is 2.07 bits per heavy atom. The fourth-order valence-corrected chi connectivity index (χ4v) is 3.75. The lowest BCUT2D eigenvalue weighted by Gasteiger charge is -2.22. The number of likely N-dealkylation sites (tertiary alicyclic amines) is 1. The van der Waals surface area contributed by atoms with Gasteiger partial charge in [-0.05, 0) is 55.8 Å². The van der Waals surface area contributed by atoms with Crippen LogP contribution in [0, 0.1) is 15.9 Å². The van der Waals surface area contributed by atoms with Gasteiger partial charge >= 0.3 is 0 Å². The van der Waals surface area contributed by atoms with Crippen LogP contribution in [0.1, 0.15) is 47.4 Å². The van der Waals surface area contributed by atoms with Gasteiger partial charge in [0, 0.05) is 24.2 Å². The normalized spacial score (nSPS) is 17.8. The van der Waals surface area contributed by atoms with Gasteiger partial charge in [0.1, 0.15) is 11.9 Å². The van der Waals surface area contributed by atoms with Gasteiger partial charge in [-0.3, -0.25) is 19.8 Å². The summed E-state index contributed by atoms with van der Waals surface area (Å²) in [6.07, 6.45) is 0.803. The molecule has 0 bridgehead atoms. The molecule has 0 spiro atoms. The molecule has 0 aliphatic carbocycles. The molecule has 0 saturated carbocycles. The summed E-state index contributed by atoms with van der Waals surface area (Å²) >= 11 is 0. The molecule has 2 atom stereocenters. The number of rotatable bonds is 7. The highest BCUT2D eigenvalue weighted by atomic mass is 19.1. The maximum atomic E-state index is 13.1. The number of halogens is 1. The zero-order valence-corrected chi connectivity index (χ0v) is 16.2. The first kappa shape index (κ1) is 20.9. The minimum Gasteiger partial charge on any atom is -0.383 e. The summed E-state index contributed by atoms with van der Waals surface area (Å²) < 4.78 is 13.1. The van der Waals surface area contributed by atoms with E-state index in [4.69, 9.17) is 0 Å². The maximum Gasteiger partial charge on any atom is 0.276 e. The Balaban J connectivity index is 1.77. The van der Waals surface area contributed by atoms with Crippen LogP contribution < -0.4 is 5.32 Å². The summed E-state index contributed by atoms with van der Waals surface area (Å²) in [4.78, 5) is 25.7. The van der Waals surface area contributed by atoms with Gasteiger partial charge < -0.3 is 10.4 Å². The third-order valence-electron chi connectivity index (χ3n) is 5.37. The molecule has 0 aromatic heterocycles. The second-order valence-corrected chi connectivity index (χ2v) is 7.12. The maximum absolute atomic E-state index is 13.1. The third-order valence-corrected chi connectivity index (χ3v) is 5.37. The minimum atomic E-state index is -1.30. The number of nitro groups is 1. The minimum absolute atomic E-state index is 0.0473. The number of amides is 1. The summed E-state index contributed by atoms with van der Waals surface area (Å²) in [5.74, 6) is -0.856. The number of aliphatic hydroxyl groups excluding tert-OH is 1. The number of benzene rings is 2. The lowest BCUT2D eigenvalue weighted by molar-refractivity contribution is -0.386. The van der Waals surface area contributed by atoms with Crippen molar-refractivity contribution in [1.29, 1.82) is 0 Å². The Bertz CT molecular complexity index is 888. The van der Waals surface area contributed by atoms with Crippen LogP contribution >= 0.6 is 0 Å². The molecule has 8 heteroatoms. The Labute approximate surface area is 168 Å². The van der Waals surface area contributed by atoms with Gasteiger partial charge in [0.25, 0.3) is 11.6 Å². The molecule has 1 aliphatic rings. The fraction of sp³-hybridized carbons (Fsp3) is 0.381. The number of likely N-dealkylation sites (N-methyl/N-ethyl adjacent to an activating group) is 1. The lowest BCUT2D eigenvalue weighted by atomic mass is 9.98. The third kappa shape index (κ3) is 4.78. The van der Waals surface area contributed by atoms with Crippen molar-refractivity contribution in [2.24, 2.45) is 0 Å². The van der Waals surface area contributed by atoms with Crippen molar-refractivity contribution in [3.05, 3.63) is 75.1 Å². The molecule has 2 N–H and O–H groups in total. The molecule has 1 saturated heterocycles. The first-order chi connectivity index (χ1) is 13.9. The molecule has 154 valence electrons. The van der Waals surface area contributed by atoms with E-state index in [0.717, 1.165) is 25.9 Å². The number of aliphatic hydroxyl groups is 1. The van der Waals surface area contributed by atoms with Crippen molar-refractivity contribution in [1.82, 2.24) is 10.2 Å². The van der Waals surface area contributed by atoms with Crippen LogP contribution in [-0.4, -0.2) is 46.5 Å². The molecular weight excluding hydrogens is 377 g/mol. The highest BCUT2D eigenvalue weighted by molar-refractivity contribution is 5.95. The Kier molecular flexibility index (Phi) is 6.56. The second kappa shape index (κ2) is 9.11. The molecule has 1 fully saturated rings. The molecule has 29 heavy (non-hydrogen) atoms. The average molecular weight is 401 g/mol. The van der Waals surface area contributed by atoms with E-state index in [-0.39, 0.29) is 28.8 Å². The highest BCUT2D eigenvalue weighted by Gasteiger charge is 2.26. The van der Waals surface area contributed by atoms with Crippen molar-refractivity contribution in [3.63, 3.8) is 0 Å². The summed E-state index contributed by atoms with van der Waals surface area (Å²) in [5.41, 5.74) is 0.178. The van der Waals surface area contributed by atoms with Crippen molar-refractivity contribution in [3.8, 4) is 0 Å². The molecule has 7 nitrogen and oxygen atoms in total. The van der Waals surface area contributed by atoms with Gasteiger partial charge in [-0.2, -0.15) is 0 Å². The Hall–Kier alpha value is -2.84. The number of nitrogens with one attached hydrogen (secondary N) is 1. The largest absolute Gasteiger partial charge is 0.383 e. The van der Waals surface area contributed by atoms with Gasteiger partial charge in [0.05, 0.1) is 10.5 Å². The van der Waals surface area contributed by atoms with Gasteiger partial charge in [-0.25, -0.2) is 4.39 Å². The number of carbonyl (C=O) groups excluding carboxylic acids is 1. The summed E-state index contributed by atoms with van der Waals surface area (Å²) in [7, 11) is 0. The van der Waals surface area contributed by atoms with Crippen molar-refractivity contribution in [2.75, 3.05) is 19.6 Å². The van der Waals surface area contributed by atoms with Crippen molar-refractivity contribution >= 4 is 11.6 Å². The van der Waals surface area contributed by atoms with Crippen LogP contribution in [-0.2, 0) is 0 Å². The molecule has 1 amide bonds. The number of carbonyl (C=O) groups is 1. The van der Waals surface area contributed by atoms with E-state index in [0.29, 0.717) is 12.1 Å². The molecule has 1 heterocycles. The molecule has 2 aromatic carbocycles. The second-order valence-electron chi connectivity index (χ2n) is 7.12. The molecule has 1 aliphatic heterocycles. The predicted molar refractivity (Wildman–Crippen MR) is 106 cm³/mol. The van der Waals surface area contributed by atoms with Crippen LogP contribution in [0.3, 0.4) is 0 Å². The van der Waals surface area contributed by atoms with E-state index in [9.17, 15) is 24.4 Å².